The molecule has 3 heterocycles. The summed E-state index contributed by atoms with van der Waals surface area (Å²) in [7, 11) is 0. The molecule has 0 saturated carbocycles. The summed E-state index contributed by atoms with van der Waals surface area (Å²) in [6, 6.07) is 12.0. The van der Waals surface area contributed by atoms with E-state index in [9.17, 15) is 4.79 Å². The minimum Gasteiger partial charge on any atom is -0.303 e. The number of hydrogen-bond acceptors (Lipinski definition) is 5. The first-order chi connectivity index (χ1) is 13.0. The van der Waals surface area contributed by atoms with Gasteiger partial charge in [0.15, 0.2) is 0 Å². The molecule has 6 nitrogen and oxygen atoms in total. The Bertz CT molecular complexity index is 1110. The van der Waals surface area contributed by atoms with Crippen molar-refractivity contribution in [2.45, 2.75) is 26.7 Å². The number of aromatic nitrogens is 4. The molecule has 27 heavy (non-hydrogen) atoms. The van der Waals surface area contributed by atoms with Gasteiger partial charge in [-0.2, -0.15) is 0 Å². The van der Waals surface area contributed by atoms with E-state index in [1.54, 1.807) is 18.6 Å². The van der Waals surface area contributed by atoms with E-state index >= 15 is 0 Å². The van der Waals surface area contributed by atoms with Crippen LogP contribution >= 0.6 is 11.3 Å². The number of nitrogens with zero attached hydrogens (tertiary/aromatic N) is 4. The monoisotopic (exact) mass is 377 g/mol. The average Bonchev–Trinajstić information content (AvgIpc) is 3.31. The Labute approximate surface area is 160 Å². The molecule has 1 N–H and O–H groups in total. The molecular formula is C20H19N5OS. The number of anilines is 1. The average molecular weight is 377 g/mol. The van der Waals surface area contributed by atoms with Gasteiger partial charge in [0, 0.05) is 11.3 Å². The number of hydrogen-bond donors (Lipinski definition) is 1. The molecule has 0 unspecified atom stereocenters. The molecule has 4 rings (SSSR count). The van der Waals surface area contributed by atoms with Crippen molar-refractivity contribution in [1.29, 1.82) is 0 Å². The predicted molar refractivity (Wildman–Crippen MR) is 107 cm³/mol. The topological polar surface area (TPSA) is 72.2 Å². The minimum atomic E-state index is -0.207. The van der Waals surface area contributed by atoms with Crippen molar-refractivity contribution in [3.8, 4) is 10.6 Å². The van der Waals surface area contributed by atoms with Gasteiger partial charge < -0.3 is 4.40 Å². The molecule has 0 spiro atoms. The standard InChI is InChI=1S/C20H19N5OS/c1-12(2)14-4-6-15(7-5-14)19-23-24-20(27-19)22-18(26)17-9-8-16-10-21-11-25(16)13(17)3/h4-12H,1-3H3,(H,22,24,26). The molecule has 1 amide bonds. The summed E-state index contributed by atoms with van der Waals surface area (Å²) >= 11 is 1.36. The van der Waals surface area contributed by atoms with E-state index in [0.29, 0.717) is 16.6 Å². The number of carbonyl (C=O) groups excluding carboxylic acids is 1. The molecule has 0 aliphatic heterocycles. The summed E-state index contributed by atoms with van der Waals surface area (Å²) in [5.74, 6) is 0.278. The van der Waals surface area contributed by atoms with Gasteiger partial charge in [0.25, 0.3) is 5.91 Å². The van der Waals surface area contributed by atoms with E-state index in [0.717, 1.165) is 21.8 Å². The fourth-order valence-electron chi connectivity index (χ4n) is 2.93. The Balaban J connectivity index is 1.54. The zero-order valence-corrected chi connectivity index (χ0v) is 16.1. The number of pyridine rings is 1. The van der Waals surface area contributed by atoms with Gasteiger partial charge in [-0.25, -0.2) is 4.98 Å². The van der Waals surface area contributed by atoms with Crippen molar-refractivity contribution >= 4 is 27.9 Å². The van der Waals surface area contributed by atoms with Gasteiger partial charge in [0.1, 0.15) is 5.01 Å². The van der Waals surface area contributed by atoms with Crippen LogP contribution in [-0.2, 0) is 0 Å². The summed E-state index contributed by atoms with van der Waals surface area (Å²) in [5.41, 5.74) is 4.64. The minimum absolute atomic E-state index is 0.207. The highest BCUT2D eigenvalue weighted by Crippen LogP contribution is 2.28. The van der Waals surface area contributed by atoms with Gasteiger partial charge in [-0.1, -0.05) is 49.4 Å². The molecule has 0 aliphatic carbocycles. The second kappa shape index (κ2) is 6.92. The molecule has 1 aromatic carbocycles. The van der Waals surface area contributed by atoms with E-state index in [4.69, 9.17) is 0 Å². The van der Waals surface area contributed by atoms with Crippen LogP contribution in [0.2, 0.25) is 0 Å². The van der Waals surface area contributed by atoms with Crippen molar-refractivity contribution in [3.05, 3.63) is 65.7 Å². The lowest BCUT2D eigenvalue weighted by Gasteiger charge is -2.07. The fraction of sp³-hybridized carbons (Fsp3) is 0.200. The van der Waals surface area contributed by atoms with Crippen molar-refractivity contribution < 1.29 is 4.79 Å². The van der Waals surface area contributed by atoms with Crippen LogP contribution in [0.3, 0.4) is 0 Å². The van der Waals surface area contributed by atoms with Crippen molar-refractivity contribution in [1.82, 2.24) is 19.6 Å². The zero-order chi connectivity index (χ0) is 19.0. The van der Waals surface area contributed by atoms with Crippen LogP contribution in [0.15, 0.2) is 48.9 Å². The Morgan fingerprint density at radius 2 is 1.89 bits per heavy atom. The molecular weight excluding hydrogens is 358 g/mol. The third kappa shape index (κ3) is 3.33. The van der Waals surface area contributed by atoms with Crippen LogP contribution in [0, 0.1) is 6.92 Å². The first-order valence-electron chi connectivity index (χ1n) is 8.70. The lowest BCUT2D eigenvalue weighted by atomic mass is 10.0. The molecule has 7 heteroatoms. The van der Waals surface area contributed by atoms with Crippen LogP contribution in [0.1, 0.15) is 41.4 Å². The number of benzene rings is 1. The molecule has 0 aliphatic rings. The highest BCUT2D eigenvalue weighted by Gasteiger charge is 2.15. The SMILES string of the molecule is Cc1c(C(=O)Nc2nnc(-c3ccc(C(C)C)cc3)s2)ccc2cncn12. The first kappa shape index (κ1) is 17.4. The summed E-state index contributed by atoms with van der Waals surface area (Å²) in [5, 5.41) is 12.4. The van der Waals surface area contributed by atoms with Gasteiger partial charge in [-0.05, 0) is 30.5 Å². The highest BCUT2D eigenvalue weighted by atomic mass is 32.1. The number of fused-ring (bicyclic) bond motifs is 1. The summed E-state index contributed by atoms with van der Waals surface area (Å²) in [6.07, 6.45) is 3.46. The second-order valence-electron chi connectivity index (χ2n) is 6.66. The van der Waals surface area contributed by atoms with Crippen LogP contribution in [-0.4, -0.2) is 25.5 Å². The number of aryl methyl sites for hydroxylation is 1. The van der Waals surface area contributed by atoms with Gasteiger partial charge >= 0.3 is 0 Å². The Morgan fingerprint density at radius 1 is 1.11 bits per heavy atom. The lowest BCUT2D eigenvalue weighted by molar-refractivity contribution is 0.102. The second-order valence-corrected chi connectivity index (χ2v) is 7.64. The molecule has 3 aromatic heterocycles. The van der Waals surface area contributed by atoms with Crippen LogP contribution in [0.25, 0.3) is 16.1 Å². The maximum Gasteiger partial charge on any atom is 0.259 e. The third-order valence-electron chi connectivity index (χ3n) is 4.55. The van der Waals surface area contributed by atoms with Gasteiger partial charge in [0.05, 0.1) is 23.6 Å². The van der Waals surface area contributed by atoms with E-state index in [1.165, 1.54) is 16.9 Å². The van der Waals surface area contributed by atoms with Gasteiger partial charge in [-0.15, -0.1) is 10.2 Å². The summed E-state index contributed by atoms with van der Waals surface area (Å²) in [4.78, 5) is 16.8. The maximum absolute atomic E-state index is 12.7. The largest absolute Gasteiger partial charge is 0.303 e. The normalized spacial score (nSPS) is 11.3. The van der Waals surface area contributed by atoms with Crippen molar-refractivity contribution in [3.63, 3.8) is 0 Å². The molecule has 136 valence electrons. The third-order valence-corrected chi connectivity index (χ3v) is 5.44. The summed E-state index contributed by atoms with van der Waals surface area (Å²) < 4.78 is 1.89. The van der Waals surface area contributed by atoms with E-state index in [-0.39, 0.29) is 5.91 Å². The number of carbonyl (C=O) groups is 1. The van der Waals surface area contributed by atoms with Crippen LogP contribution < -0.4 is 5.32 Å². The molecule has 0 saturated heterocycles. The number of rotatable bonds is 4. The highest BCUT2D eigenvalue weighted by molar-refractivity contribution is 7.18. The van der Waals surface area contributed by atoms with E-state index in [2.05, 4.69) is 46.5 Å². The molecule has 0 fully saturated rings. The molecule has 0 bridgehead atoms. The molecule has 0 atom stereocenters. The van der Waals surface area contributed by atoms with Crippen molar-refractivity contribution in [2.75, 3.05) is 5.32 Å². The number of nitrogens with one attached hydrogen (secondary N) is 1. The van der Waals surface area contributed by atoms with Gasteiger partial charge in [0.2, 0.25) is 5.13 Å². The fourth-order valence-corrected chi connectivity index (χ4v) is 3.68. The van der Waals surface area contributed by atoms with Crippen molar-refractivity contribution in [2.24, 2.45) is 0 Å². The number of imidazole rings is 1. The molecule has 0 radical (unpaired) electrons. The summed E-state index contributed by atoms with van der Waals surface area (Å²) in [6.45, 7) is 6.22. The van der Waals surface area contributed by atoms with Crippen LogP contribution in [0.4, 0.5) is 5.13 Å². The van der Waals surface area contributed by atoms with E-state index < -0.39 is 0 Å². The Kier molecular flexibility index (Phi) is 4.45. The Morgan fingerprint density at radius 3 is 2.63 bits per heavy atom. The maximum atomic E-state index is 12.7. The van der Waals surface area contributed by atoms with Gasteiger partial charge in [-0.3, -0.25) is 10.1 Å². The quantitative estimate of drug-likeness (QED) is 0.567. The Hall–Kier alpha value is -3.06. The predicted octanol–water partition coefficient (Wildman–Crippen LogP) is 4.54. The first-order valence-corrected chi connectivity index (χ1v) is 9.51. The number of amides is 1. The van der Waals surface area contributed by atoms with Crippen LogP contribution in [0.5, 0.6) is 0 Å². The lowest BCUT2D eigenvalue weighted by Crippen LogP contribution is -2.14. The smallest absolute Gasteiger partial charge is 0.259 e. The van der Waals surface area contributed by atoms with E-state index in [1.807, 2.05) is 29.5 Å². The molecule has 4 aromatic rings. The zero-order valence-electron chi connectivity index (χ0n) is 15.3.